The van der Waals surface area contributed by atoms with E-state index in [9.17, 15) is 0 Å². The van der Waals surface area contributed by atoms with Crippen molar-refractivity contribution in [3.05, 3.63) is 41.4 Å². The lowest BCUT2D eigenvalue weighted by molar-refractivity contribution is 0.241. The van der Waals surface area contributed by atoms with E-state index >= 15 is 0 Å². The molecular weight excluding hydrogens is 274 g/mol. The summed E-state index contributed by atoms with van der Waals surface area (Å²) in [5.41, 5.74) is 1.24. The number of benzene rings is 1. The minimum atomic E-state index is 0.787. The number of hydrogen-bond donors (Lipinski definition) is 0. The average Bonchev–Trinajstić information content (AvgIpc) is 2.86. The lowest BCUT2D eigenvalue weighted by Crippen LogP contribution is -2.46. The molecule has 0 saturated carbocycles. The van der Waals surface area contributed by atoms with E-state index in [1.165, 1.54) is 5.69 Å². The molecule has 2 aromatic rings. The normalized spacial score (nSPS) is 16.6. The summed E-state index contributed by atoms with van der Waals surface area (Å²) < 4.78 is 1.84. The molecule has 5 nitrogen and oxygen atoms in total. The van der Waals surface area contributed by atoms with Crippen molar-refractivity contribution in [3.8, 4) is 0 Å². The summed E-state index contributed by atoms with van der Waals surface area (Å²) in [4.78, 5) is 9.08. The summed E-state index contributed by atoms with van der Waals surface area (Å²) in [6.45, 7) is 4.99. The van der Waals surface area contributed by atoms with Crippen LogP contribution in [-0.4, -0.2) is 45.8 Å². The molecule has 1 aromatic heterocycles. The second-order valence-electron chi connectivity index (χ2n) is 5.04. The van der Waals surface area contributed by atoms with Gasteiger partial charge in [0.05, 0.1) is 6.54 Å². The monoisotopic (exact) mass is 291 g/mol. The van der Waals surface area contributed by atoms with E-state index in [2.05, 4.69) is 32.0 Å². The number of halogens is 1. The van der Waals surface area contributed by atoms with Crippen LogP contribution in [0.2, 0.25) is 5.02 Å². The molecule has 0 radical (unpaired) electrons. The van der Waals surface area contributed by atoms with Crippen molar-refractivity contribution in [2.24, 2.45) is 7.05 Å². The molecule has 1 aliphatic rings. The van der Waals surface area contributed by atoms with E-state index in [1.807, 2.05) is 23.9 Å². The van der Waals surface area contributed by atoms with Crippen LogP contribution in [0.25, 0.3) is 0 Å². The number of aryl methyl sites for hydroxylation is 1. The highest BCUT2D eigenvalue weighted by Gasteiger charge is 2.18. The maximum Gasteiger partial charge on any atom is 0.140 e. The third kappa shape index (κ3) is 2.94. The largest absolute Gasteiger partial charge is 0.369 e. The summed E-state index contributed by atoms with van der Waals surface area (Å²) in [7, 11) is 1.94. The Balaban J connectivity index is 1.57. The van der Waals surface area contributed by atoms with Crippen molar-refractivity contribution in [2.45, 2.75) is 6.54 Å². The summed E-state index contributed by atoms with van der Waals surface area (Å²) in [6.07, 6.45) is 1.61. The molecule has 1 fully saturated rings. The minimum absolute atomic E-state index is 0.787. The van der Waals surface area contributed by atoms with Crippen LogP contribution < -0.4 is 4.90 Å². The lowest BCUT2D eigenvalue weighted by Gasteiger charge is -2.35. The topological polar surface area (TPSA) is 37.2 Å². The fourth-order valence-electron chi connectivity index (χ4n) is 2.48. The van der Waals surface area contributed by atoms with Crippen LogP contribution in [0.3, 0.4) is 0 Å². The van der Waals surface area contributed by atoms with Crippen LogP contribution in [0.1, 0.15) is 5.82 Å². The molecule has 0 N–H and O–H groups in total. The average molecular weight is 292 g/mol. The van der Waals surface area contributed by atoms with Gasteiger partial charge in [0.2, 0.25) is 0 Å². The zero-order chi connectivity index (χ0) is 13.9. The van der Waals surface area contributed by atoms with E-state index in [4.69, 9.17) is 11.6 Å². The molecule has 3 rings (SSSR count). The molecule has 0 amide bonds. The Kier molecular flexibility index (Phi) is 3.89. The highest BCUT2D eigenvalue weighted by Crippen LogP contribution is 2.19. The molecule has 0 bridgehead atoms. The first-order valence-electron chi connectivity index (χ1n) is 6.78. The van der Waals surface area contributed by atoms with Gasteiger partial charge >= 0.3 is 0 Å². The van der Waals surface area contributed by atoms with Gasteiger partial charge in [0, 0.05) is 43.9 Å². The van der Waals surface area contributed by atoms with Gasteiger partial charge in [0.15, 0.2) is 0 Å². The fourth-order valence-corrected chi connectivity index (χ4v) is 2.61. The van der Waals surface area contributed by atoms with E-state index < -0.39 is 0 Å². The molecule has 6 heteroatoms. The van der Waals surface area contributed by atoms with Gasteiger partial charge in [0.1, 0.15) is 12.2 Å². The fraction of sp³-hybridized carbons (Fsp3) is 0.429. The number of rotatable bonds is 3. The number of hydrogen-bond acceptors (Lipinski definition) is 4. The van der Waals surface area contributed by atoms with Gasteiger partial charge in [-0.3, -0.25) is 9.58 Å². The predicted molar refractivity (Wildman–Crippen MR) is 79.9 cm³/mol. The second-order valence-corrected chi connectivity index (χ2v) is 5.48. The Morgan fingerprint density at radius 2 is 1.80 bits per heavy atom. The Labute approximate surface area is 123 Å². The zero-order valence-electron chi connectivity index (χ0n) is 11.5. The maximum atomic E-state index is 5.93. The quantitative estimate of drug-likeness (QED) is 0.864. The van der Waals surface area contributed by atoms with Crippen LogP contribution >= 0.6 is 11.6 Å². The van der Waals surface area contributed by atoms with Crippen LogP contribution in [0.5, 0.6) is 0 Å². The standard InChI is InChI=1S/C14H18ClN5/c1-18-14(16-11-17-18)10-19-6-8-20(9-7-19)13-4-2-12(15)3-5-13/h2-5,11H,6-10H2,1H3. The number of nitrogens with zero attached hydrogens (tertiary/aromatic N) is 5. The number of aromatic nitrogens is 3. The van der Waals surface area contributed by atoms with E-state index in [0.717, 1.165) is 43.6 Å². The smallest absolute Gasteiger partial charge is 0.140 e. The SMILES string of the molecule is Cn1ncnc1CN1CCN(c2ccc(Cl)cc2)CC1. The lowest BCUT2D eigenvalue weighted by atomic mass is 10.2. The van der Waals surface area contributed by atoms with Crippen molar-refractivity contribution in [1.82, 2.24) is 19.7 Å². The van der Waals surface area contributed by atoms with Crippen molar-refractivity contribution in [2.75, 3.05) is 31.1 Å². The van der Waals surface area contributed by atoms with Gasteiger partial charge in [-0.25, -0.2) is 4.98 Å². The van der Waals surface area contributed by atoms with Gasteiger partial charge in [-0.15, -0.1) is 0 Å². The summed E-state index contributed by atoms with van der Waals surface area (Å²) >= 11 is 5.93. The Bertz CT molecular complexity index is 557. The van der Waals surface area contributed by atoms with E-state index in [-0.39, 0.29) is 0 Å². The second kappa shape index (κ2) is 5.81. The molecule has 0 spiro atoms. The third-order valence-electron chi connectivity index (χ3n) is 3.73. The van der Waals surface area contributed by atoms with Crippen LogP contribution in [0.15, 0.2) is 30.6 Å². The Hall–Kier alpha value is -1.59. The first-order valence-corrected chi connectivity index (χ1v) is 7.16. The molecule has 20 heavy (non-hydrogen) atoms. The van der Waals surface area contributed by atoms with Crippen molar-refractivity contribution in [3.63, 3.8) is 0 Å². The Morgan fingerprint density at radius 3 is 2.40 bits per heavy atom. The molecule has 1 saturated heterocycles. The highest BCUT2D eigenvalue weighted by molar-refractivity contribution is 6.30. The predicted octanol–water partition coefficient (Wildman–Crippen LogP) is 1.79. The van der Waals surface area contributed by atoms with Crippen molar-refractivity contribution >= 4 is 17.3 Å². The number of anilines is 1. The molecule has 0 aliphatic carbocycles. The van der Waals surface area contributed by atoms with Gasteiger partial charge < -0.3 is 4.90 Å². The van der Waals surface area contributed by atoms with Crippen molar-refractivity contribution < 1.29 is 0 Å². The molecule has 1 aromatic carbocycles. The van der Waals surface area contributed by atoms with Crippen LogP contribution in [-0.2, 0) is 13.6 Å². The first-order chi connectivity index (χ1) is 9.72. The molecule has 106 valence electrons. The molecule has 0 atom stereocenters. The van der Waals surface area contributed by atoms with E-state index in [1.54, 1.807) is 6.33 Å². The molecular formula is C14H18ClN5. The zero-order valence-corrected chi connectivity index (χ0v) is 12.3. The van der Waals surface area contributed by atoms with Crippen LogP contribution in [0, 0.1) is 0 Å². The molecule has 1 aliphatic heterocycles. The van der Waals surface area contributed by atoms with Crippen LogP contribution in [0.4, 0.5) is 5.69 Å². The number of piperazine rings is 1. The molecule has 2 heterocycles. The highest BCUT2D eigenvalue weighted by atomic mass is 35.5. The van der Waals surface area contributed by atoms with Gasteiger partial charge in [-0.05, 0) is 24.3 Å². The minimum Gasteiger partial charge on any atom is -0.369 e. The summed E-state index contributed by atoms with van der Waals surface area (Å²) in [5.74, 6) is 1.02. The third-order valence-corrected chi connectivity index (χ3v) is 3.99. The maximum absolute atomic E-state index is 5.93. The van der Waals surface area contributed by atoms with Gasteiger partial charge in [0.25, 0.3) is 0 Å². The summed E-state index contributed by atoms with van der Waals surface area (Å²) in [5, 5.41) is 4.90. The van der Waals surface area contributed by atoms with Gasteiger partial charge in [-0.2, -0.15) is 5.10 Å². The molecule has 0 unspecified atom stereocenters. The summed E-state index contributed by atoms with van der Waals surface area (Å²) in [6, 6.07) is 8.06. The Morgan fingerprint density at radius 1 is 1.10 bits per heavy atom. The van der Waals surface area contributed by atoms with Crippen molar-refractivity contribution in [1.29, 1.82) is 0 Å². The first kappa shape index (κ1) is 13.4. The van der Waals surface area contributed by atoms with E-state index in [0.29, 0.717) is 0 Å². The van der Waals surface area contributed by atoms with Gasteiger partial charge in [-0.1, -0.05) is 11.6 Å².